The van der Waals surface area contributed by atoms with E-state index in [4.69, 9.17) is 4.74 Å². The zero-order valence-electron chi connectivity index (χ0n) is 13.5. The van der Waals surface area contributed by atoms with Crippen LogP contribution in [0.3, 0.4) is 0 Å². The maximum atomic E-state index is 10.1. The van der Waals surface area contributed by atoms with Gasteiger partial charge < -0.3 is 15.2 Å². The average Bonchev–Trinajstić information content (AvgIpc) is 2.48. The lowest BCUT2D eigenvalue weighted by atomic mass is 9.78. The first-order valence-corrected chi connectivity index (χ1v) is 8.17. The number of nitrogens with one attached hydrogen (secondary N) is 1. The highest BCUT2D eigenvalue weighted by atomic mass is 16.5. The van der Waals surface area contributed by atoms with Gasteiger partial charge in [0.1, 0.15) is 18.5 Å². The van der Waals surface area contributed by atoms with Crippen molar-refractivity contribution in [3.63, 3.8) is 0 Å². The molecule has 1 fully saturated rings. The largest absolute Gasteiger partial charge is 0.491 e. The molecule has 4 unspecified atom stereocenters. The van der Waals surface area contributed by atoms with Crippen LogP contribution in [0.5, 0.6) is 5.75 Å². The number of hydrogen-bond acceptors (Lipinski definition) is 3. The molecule has 0 aromatic heterocycles. The van der Waals surface area contributed by atoms with Gasteiger partial charge in [0.2, 0.25) is 0 Å². The summed E-state index contributed by atoms with van der Waals surface area (Å²) in [4.78, 5) is 0. The monoisotopic (exact) mass is 291 g/mol. The van der Waals surface area contributed by atoms with E-state index in [0.717, 1.165) is 17.2 Å². The van der Waals surface area contributed by atoms with E-state index in [1.165, 1.54) is 19.3 Å². The fraction of sp³-hybridized carbons (Fsp3) is 0.667. The average molecular weight is 291 g/mol. The van der Waals surface area contributed by atoms with Crippen LogP contribution >= 0.6 is 0 Å². The lowest BCUT2D eigenvalue weighted by Gasteiger charge is -2.35. The number of aliphatic hydroxyl groups excluding tert-OH is 1. The molecule has 1 aliphatic rings. The minimum absolute atomic E-state index is 0.342. The van der Waals surface area contributed by atoms with Crippen LogP contribution < -0.4 is 10.1 Å². The second-order valence-corrected chi connectivity index (χ2v) is 6.51. The SMILES string of the molecule is Cc1ccccc1OCC(O)CNC1CCCC(C)C1C. The maximum Gasteiger partial charge on any atom is 0.122 e. The molecule has 1 aliphatic carbocycles. The van der Waals surface area contributed by atoms with E-state index in [1.54, 1.807) is 0 Å². The summed E-state index contributed by atoms with van der Waals surface area (Å²) in [6.07, 6.45) is 3.38. The normalized spacial score (nSPS) is 27.3. The van der Waals surface area contributed by atoms with Gasteiger partial charge in [-0.3, -0.25) is 0 Å². The molecular formula is C18H29NO2. The standard InChI is InChI=1S/C18H29NO2/c1-13-8-6-9-17(15(13)3)19-11-16(20)12-21-18-10-5-4-7-14(18)2/h4-5,7,10,13,15-17,19-20H,6,8-9,11-12H2,1-3H3. The Morgan fingerprint density at radius 1 is 1.29 bits per heavy atom. The molecule has 0 saturated heterocycles. The summed E-state index contributed by atoms with van der Waals surface area (Å²) in [5, 5.41) is 13.6. The van der Waals surface area contributed by atoms with E-state index in [0.29, 0.717) is 25.1 Å². The summed E-state index contributed by atoms with van der Waals surface area (Å²) < 4.78 is 5.70. The molecule has 0 radical (unpaired) electrons. The lowest BCUT2D eigenvalue weighted by molar-refractivity contribution is 0.0943. The van der Waals surface area contributed by atoms with Gasteiger partial charge >= 0.3 is 0 Å². The van der Waals surface area contributed by atoms with Gasteiger partial charge in [-0.1, -0.05) is 44.9 Å². The van der Waals surface area contributed by atoms with Gasteiger partial charge in [0.05, 0.1) is 0 Å². The molecule has 0 heterocycles. The van der Waals surface area contributed by atoms with Crippen molar-refractivity contribution in [3.05, 3.63) is 29.8 Å². The van der Waals surface area contributed by atoms with Gasteiger partial charge in [0.15, 0.2) is 0 Å². The number of aryl methyl sites for hydroxylation is 1. The highest BCUT2D eigenvalue weighted by molar-refractivity contribution is 5.31. The third-order valence-electron chi connectivity index (χ3n) is 4.85. The van der Waals surface area contributed by atoms with Gasteiger partial charge in [0, 0.05) is 12.6 Å². The predicted octanol–water partition coefficient (Wildman–Crippen LogP) is 3.15. The van der Waals surface area contributed by atoms with Crippen LogP contribution in [0.15, 0.2) is 24.3 Å². The fourth-order valence-electron chi connectivity index (χ4n) is 3.12. The molecule has 3 nitrogen and oxygen atoms in total. The second-order valence-electron chi connectivity index (χ2n) is 6.51. The molecule has 118 valence electrons. The Morgan fingerprint density at radius 2 is 2.05 bits per heavy atom. The summed E-state index contributed by atoms with van der Waals surface area (Å²) in [6, 6.07) is 8.44. The zero-order chi connectivity index (χ0) is 15.2. The highest BCUT2D eigenvalue weighted by Crippen LogP contribution is 2.29. The van der Waals surface area contributed by atoms with Crippen molar-refractivity contribution < 1.29 is 9.84 Å². The number of aliphatic hydroxyl groups is 1. The van der Waals surface area contributed by atoms with Crippen molar-refractivity contribution in [2.45, 2.75) is 52.2 Å². The van der Waals surface area contributed by atoms with Crippen molar-refractivity contribution in [1.29, 1.82) is 0 Å². The van der Waals surface area contributed by atoms with E-state index in [-0.39, 0.29) is 0 Å². The Kier molecular flexibility index (Phi) is 6.07. The van der Waals surface area contributed by atoms with Gasteiger partial charge in [-0.25, -0.2) is 0 Å². The number of benzene rings is 1. The second kappa shape index (κ2) is 7.81. The number of hydrogen-bond donors (Lipinski definition) is 2. The summed E-state index contributed by atoms with van der Waals surface area (Å²) in [5.74, 6) is 2.32. The zero-order valence-corrected chi connectivity index (χ0v) is 13.5. The molecule has 21 heavy (non-hydrogen) atoms. The molecule has 2 N–H and O–H groups in total. The van der Waals surface area contributed by atoms with Gasteiger partial charge in [-0.05, 0) is 36.8 Å². The van der Waals surface area contributed by atoms with Crippen LogP contribution in [-0.2, 0) is 0 Å². The molecular weight excluding hydrogens is 262 g/mol. The quantitative estimate of drug-likeness (QED) is 0.846. The van der Waals surface area contributed by atoms with Crippen molar-refractivity contribution in [2.24, 2.45) is 11.8 Å². The van der Waals surface area contributed by atoms with Crippen molar-refractivity contribution in [3.8, 4) is 5.75 Å². The van der Waals surface area contributed by atoms with Gasteiger partial charge in [-0.15, -0.1) is 0 Å². The molecule has 0 amide bonds. The van der Waals surface area contributed by atoms with E-state index in [2.05, 4.69) is 19.2 Å². The smallest absolute Gasteiger partial charge is 0.122 e. The molecule has 3 heteroatoms. The Labute approximate surface area is 128 Å². The predicted molar refractivity (Wildman–Crippen MR) is 86.7 cm³/mol. The Balaban J connectivity index is 1.72. The molecule has 2 rings (SSSR count). The van der Waals surface area contributed by atoms with Crippen LogP contribution in [0.2, 0.25) is 0 Å². The first kappa shape index (κ1) is 16.3. The molecule has 0 spiro atoms. The van der Waals surface area contributed by atoms with Crippen molar-refractivity contribution >= 4 is 0 Å². The minimum Gasteiger partial charge on any atom is -0.491 e. The first-order chi connectivity index (χ1) is 10.1. The molecule has 4 atom stereocenters. The van der Waals surface area contributed by atoms with Gasteiger partial charge in [0.25, 0.3) is 0 Å². The maximum absolute atomic E-state index is 10.1. The fourth-order valence-corrected chi connectivity index (χ4v) is 3.12. The first-order valence-electron chi connectivity index (χ1n) is 8.17. The number of ether oxygens (including phenoxy) is 1. The summed E-state index contributed by atoms with van der Waals surface area (Å²) in [6.45, 7) is 7.61. The van der Waals surface area contributed by atoms with Crippen LogP contribution in [0.4, 0.5) is 0 Å². The number of para-hydroxylation sites is 1. The topological polar surface area (TPSA) is 41.5 Å². The third kappa shape index (κ3) is 4.72. The molecule has 1 aromatic carbocycles. The Hall–Kier alpha value is -1.06. The van der Waals surface area contributed by atoms with Crippen LogP contribution in [0.1, 0.15) is 38.7 Å². The molecule has 0 bridgehead atoms. The molecule has 1 saturated carbocycles. The van der Waals surface area contributed by atoms with Crippen LogP contribution in [-0.4, -0.2) is 30.4 Å². The van der Waals surface area contributed by atoms with Crippen molar-refractivity contribution in [1.82, 2.24) is 5.32 Å². The van der Waals surface area contributed by atoms with Gasteiger partial charge in [-0.2, -0.15) is 0 Å². The highest BCUT2D eigenvalue weighted by Gasteiger charge is 2.26. The summed E-state index contributed by atoms with van der Waals surface area (Å²) >= 11 is 0. The minimum atomic E-state index is -0.464. The Bertz CT molecular complexity index is 435. The van der Waals surface area contributed by atoms with Crippen molar-refractivity contribution in [2.75, 3.05) is 13.2 Å². The summed E-state index contributed by atoms with van der Waals surface area (Å²) in [7, 11) is 0. The summed E-state index contributed by atoms with van der Waals surface area (Å²) in [5.41, 5.74) is 1.10. The lowest BCUT2D eigenvalue weighted by Crippen LogP contribution is -2.44. The van der Waals surface area contributed by atoms with E-state index >= 15 is 0 Å². The van der Waals surface area contributed by atoms with E-state index in [1.807, 2.05) is 31.2 Å². The molecule has 0 aliphatic heterocycles. The van der Waals surface area contributed by atoms with E-state index < -0.39 is 6.10 Å². The molecule has 1 aromatic rings. The number of rotatable bonds is 6. The third-order valence-corrected chi connectivity index (χ3v) is 4.85. The van der Waals surface area contributed by atoms with E-state index in [9.17, 15) is 5.11 Å². The Morgan fingerprint density at radius 3 is 2.81 bits per heavy atom. The van der Waals surface area contributed by atoms with Crippen LogP contribution in [0.25, 0.3) is 0 Å². The van der Waals surface area contributed by atoms with Crippen LogP contribution in [0, 0.1) is 18.8 Å².